The van der Waals surface area contributed by atoms with E-state index in [-0.39, 0.29) is 31.1 Å². The second kappa shape index (κ2) is 52.2. The summed E-state index contributed by atoms with van der Waals surface area (Å²) in [7, 11) is 0. The Morgan fingerprint density at radius 3 is 0.969 bits per heavy atom. The summed E-state index contributed by atoms with van der Waals surface area (Å²) in [4.78, 5) is 37.7. The second-order valence-electron chi connectivity index (χ2n) is 16.3. The number of allylic oxidation sites excluding steroid dienone is 22. The zero-order valence-corrected chi connectivity index (χ0v) is 41.4. The first-order valence-corrected chi connectivity index (χ1v) is 25.7. The van der Waals surface area contributed by atoms with Gasteiger partial charge in [0.25, 0.3) is 0 Å². The van der Waals surface area contributed by atoms with E-state index in [1.165, 1.54) is 0 Å². The molecule has 0 bridgehead atoms. The van der Waals surface area contributed by atoms with Gasteiger partial charge in [-0.1, -0.05) is 199 Å². The molecule has 0 aliphatic carbocycles. The maximum absolute atomic E-state index is 12.7. The summed E-state index contributed by atoms with van der Waals surface area (Å²) in [5.41, 5.74) is 0. The van der Waals surface area contributed by atoms with E-state index >= 15 is 0 Å². The van der Waals surface area contributed by atoms with E-state index in [4.69, 9.17) is 14.2 Å². The van der Waals surface area contributed by atoms with Crippen LogP contribution < -0.4 is 0 Å². The lowest BCUT2D eigenvalue weighted by Crippen LogP contribution is -2.30. The predicted molar refractivity (Wildman–Crippen MR) is 279 cm³/mol. The summed E-state index contributed by atoms with van der Waals surface area (Å²) < 4.78 is 16.6. The summed E-state index contributed by atoms with van der Waals surface area (Å²) >= 11 is 0. The zero-order chi connectivity index (χ0) is 47.2. The molecular formula is C59H92O6. The largest absolute Gasteiger partial charge is 0.462 e. The van der Waals surface area contributed by atoms with Crippen LogP contribution in [0.5, 0.6) is 0 Å². The van der Waals surface area contributed by atoms with E-state index in [9.17, 15) is 14.4 Å². The smallest absolute Gasteiger partial charge is 0.306 e. The highest BCUT2D eigenvalue weighted by Gasteiger charge is 2.19. The minimum atomic E-state index is -0.808. The zero-order valence-electron chi connectivity index (χ0n) is 41.4. The lowest BCUT2D eigenvalue weighted by Gasteiger charge is -2.18. The molecule has 0 saturated heterocycles. The summed E-state index contributed by atoms with van der Waals surface area (Å²) in [5, 5.41) is 0. The van der Waals surface area contributed by atoms with Gasteiger partial charge >= 0.3 is 17.9 Å². The van der Waals surface area contributed by atoms with Crippen LogP contribution in [0.3, 0.4) is 0 Å². The van der Waals surface area contributed by atoms with E-state index in [1.54, 1.807) is 0 Å². The predicted octanol–water partition coefficient (Wildman–Crippen LogP) is 17.1. The first kappa shape index (κ1) is 60.5. The molecule has 0 aromatic heterocycles. The molecule has 364 valence electrons. The molecule has 0 rings (SSSR count). The summed E-state index contributed by atoms with van der Waals surface area (Å²) in [6.45, 7) is 6.24. The molecule has 6 heteroatoms. The molecule has 1 unspecified atom stereocenters. The van der Waals surface area contributed by atoms with Gasteiger partial charge in [0.05, 0.1) is 0 Å². The van der Waals surface area contributed by atoms with Gasteiger partial charge in [-0.05, 0) is 116 Å². The van der Waals surface area contributed by atoms with Gasteiger partial charge in [0, 0.05) is 19.3 Å². The molecule has 0 fully saturated rings. The lowest BCUT2D eigenvalue weighted by molar-refractivity contribution is -0.167. The van der Waals surface area contributed by atoms with E-state index in [1.807, 2.05) is 0 Å². The molecule has 0 aromatic rings. The molecular weight excluding hydrogens is 805 g/mol. The number of esters is 3. The Labute approximate surface area is 398 Å². The topological polar surface area (TPSA) is 78.9 Å². The molecule has 1 atom stereocenters. The third-order valence-corrected chi connectivity index (χ3v) is 10.2. The molecule has 0 heterocycles. The van der Waals surface area contributed by atoms with Crippen molar-refractivity contribution in [3.8, 4) is 0 Å². The van der Waals surface area contributed by atoms with Gasteiger partial charge in [-0.3, -0.25) is 14.4 Å². The number of hydrogen-bond acceptors (Lipinski definition) is 6. The van der Waals surface area contributed by atoms with Crippen molar-refractivity contribution in [3.05, 3.63) is 134 Å². The summed E-state index contributed by atoms with van der Waals surface area (Å²) in [6.07, 6.45) is 73.3. The minimum Gasteiger partial charge on any atom is -0.462 e. The summed E-state index contributed by atoms with van der Waals surface area (Å²) in [6, 6.07) is 0. The van der Waals surface area contributed by atoms with Crippen LogP contribution in [-0.4, -0.2) is 37.2 Å². The Bertz CT molecular complexity index is 1450. The number of hydrogen-bond donors (Lipinski definition) is 0. The Morgan fingerprint density at radius 2 is 0.600 bits per heavy atom. The maximum atomic E-state index is 12.7. The van der Waals surface area contributed by atoms with Crippen LogP contribution in [0.4, 0.5) is 0 Å². The van der Waals surface area contributed by atoms with E-state index in [0.29, 0.717) is 25.7 Å². The van der Waals surface area contributed by atoms with Gasteiger partial charge in [0.2, 0.25) is 0 Å². The normalized spacial score (nSPS) is 13.2. The van der Waals surface area contributed by atoms with Crippen LogP contribution in [-0.2, 0) is 28.6 Å². The Kier molecular flexibility index (Phi) is 48.6. The van der Waals surface area contributed by atoms with Gasteiger partial charge in [-0.25, -0.2) is 0 Å². The monoisotopic (exact) mass is 897 g/mol. The molecule has 0 aromatic carbocycles. The molecule has 0 spiro atoms. The van der Waals surface area contributed by atoms with Gasteiger partial charge in [-0.2, -0.15) is 0 Å². The number of rotatable bonds is 44. The Morgan fingerprint density at radius 1 is 0.323 bits per heavy atom. The Balaban J connectivity index is 4.33. The van der Waals surface area contributed by atoms with E-state index in [2.05, 4.69) is 154 Å². The lowest BCUT2D eigenvalue weighted by atomic mass is 10.1. The van der Waals surface area contributed by atoms with Crippen molar-refractivity contribution in [1.82, 2.24) is 0 Å². The first-order valence-electron chi connectivity index (χ1n) is 25.7. The van der Waals surface area contributed by atoms with Crippen molar-refractivity contribution in [2.24, 2.45) is 0 Å². The molecule has 0 amide bonds. The van der Waals surface area contributed by atoms with Crippen LogP contribution in [0.2, 0.25) is 0 Å². The SMILES string of the molecule is CC/C=C\C/C=C\C/C=C\C/C=C\C/C=C\C/C=C\CCCCC(=O)OCC(COC(=O)CCCCCCC)OC(=O)CCCCCCC/C=C\C/C=C\C/C=C\C/C=C\C/C=C\CC. The number of carbonyl (C=O) groups is 3. The molecule has 0 aliphatic heterocycles. The van der Waals surface area contributed by atoms with Crippen molar-refractivity contribution in [1.29, 1.82) is 0 Å². The third kappa shape index (κ3) is 50.4. The third-order valence-electron chi connectivity index (χ3n) is 10.2. The minimum absolute atomic E-state index is 0.106. The average Bonchev–Trinajstić information content (AvgIpc) is 3.30. The second-order valence-corrected chi connectivity index (χ2v) is 16.3. The van der Waals surface area contributed by atoms with E-state index in [0.717, 1.165) is 154 Å². The fourth-order valence-electron chi connectivity index (χ4n) is 6.35. The summed E-state index contributed by atoms with van der Waals surface area (Å²) in [5.74, 6) is -0.995. The highest BCUT2D eigenvalue weighted by atomic mass is 16.6. The molecule has 6 nitrogen and oxygen atoms in total. The maximum Gasteiger partial charge on any atom is 0.306 e. The highest BCUT2D eigenvalue weighted by Crippen LogP contribution is 2.12. The molecule has 0 aliphatic rings. The van der Waals surface area contributed by atoms with Crippen molar-refractivity contribution < 1.29 is 28.6 Å². The van der Waals surface area contributed by atoms with Crippen LogP contribution in [0, 0.1) is 0 Å². The highest BCUT2D eigenvalue weighted by molar-refractivity contribution is 5.71. The van der Waals surface area contributed by atoms with Gasteiger partial charge in [-0.15, -0.1) is 0 Å². The van der Waals surface area contributed by atoms with Gasteiger partial charge in [0.1, 0.15) is 13.2 Å². The van der Waals surface area contributed by atoms with Gasteiger partial charge in [0.15, 0.2) is 6.10 Å². The van der Waals surface area contributed by atoms with Crippen molar-refractivity contribution in [2.45, 2.75) is 207 Å². The fraction of sp³-hybridized carbons (Fsp3) is 0.576. The molecule has 65 heavy (non-hydrogen) atoms. The number of carbonyl (C=O) groups excluding carboxylic acids is 3. The average molecular weight is 897 g/mol. The fourth-order valence-corrected chi connectivity index (χ4v) is 6.35. The van der Waals surface area contributed by atoms with Crippen molar-refractivity contribution >= 4 is 17.9 Å². The number of ether oxygens (including phenoxy) is 3. The molecule has 0 radical (unpaired) electrons. The first-order chi connectivity index (χ1) is 32.0. The van der Waals surface area contributed by atoms with Crippen molar-refractivity contribution in [2.75, 3.05) is 13.2 Å². The standard InChI is InChI=1S/C59H92O6/c1-4-7-10-13-15-17-19-21-23-25-27-29-31-33-35-37-39-41-43-46-49-52-58(61)64-55-56(54-63-57(60)51-48-45-12-9-6-3)65-59(62)53-50-47-44-42-40-38-36-34-32-30-28-26-24-22-20-18-16-14-11-8-5-2/h7-8,10-11,15-18,21-24,27-30,33-36,39,41,56H,4-6,9,12-14,19-20,25-26,31-32,37-38,40,42-55H2,1-3H3/b10-7-,11-8-,17-15-,18-16-,23-21-,24-22-,29-27-,30-28-,35-33-,36-34-,41-39-. The van der Waals surface area contributed by atoms with Crippen LogP contribution >= 0.6 is 0 Å². The quantitative estimate of drug-likeness (QED) is 0.0262. The van der Waals surface area contributed by atoms with Crippen molar-refractivity contribution in [3.63, 3.8) is 0 Å². The van der Waals surface area contributed by atoms with Gasteiger partial charge < -0.3 is 14.2 Å². The van der Waals surface area contributed by atoms with Crippen LogP contribution in [0.1, 0.15) is 201 Å². The van der Waals surface area contributed by atoms with Crippen LogP contribution in [0.25, 0.3) is 0 Å². The van der Waals surface area contributed by atoms with Crippen LogP contribution in [0.15, 0.2) is 134 Å². The van der Waals surface area contributed by atoms with E-state index < -0.39 is 6.10 Å². The molecule has 0 N–H and O–H groups in total. The Hall–Kier alpha value is -4.45. The molecule has 0 saturated carbocycles. The number of unbranched alkanes of at least 4 members (excludes halogenated alkanes) is 11.